The van der Waals surface area contributed by atoms with E-state index in [9.17, 15) is 0 Å². The second kappa shape index (κ2) is 6.52. The number of ether oxygens (including phenoxy) is 1. The molecule has 20 heavy (non-hydrogen) atoms. The zero-order valence-corrected chi connectivity index (χ0v) is 13.9. The monoisotopic (exact) mass is 334 g/mol. The molecule has 0 bridgehead atoms. The fourth-order valence-corrected chi connectivity index (χ4v) is 2.71. The molecule has 0 radical (unpaired) electrons. The Bertz CT molecular complexity index is 610. The second-order valence-corrected chi connectivity index (χ2v) is 6.19. The Morgan fingerprint density at radius 2 is 1.90 bits per heavy atom. The molecule has 0 aliphatic rings. The van der Waals surface area contributed by atoms with E-state index < -0.39 is 0 Å². The van der Waals surface area contributed by atoms with Crippen molar-refractivity contribution >= 4 is 45.8 Å². The number of hydrogen-bond acceptors (Lipinski definition) is 2. The van der Waals surface area contributed by atoms with Gasteiger partial charge >= 0.3 is 0 Å². The van der Waals surface area contributed by atoms with Gasteiger partial charge in [-0.1, -0.05) is 23.2 Å². The normalized spacial score (nSPS) is 14.7. The summed E-state index contributed by atoms with van der Waals surface area (Å²) in [5, 5.41) is 0.808. The van der Waals surface area contributed by atoms with E-state index in [1.807, 2.05) is 26.8 Å². The zero-order chi connectivity index (χ0) is 14.9. The van der Waals surface area contributed by atoms with Crippen LogP contribution in [0.3, 0.4) is 0 Å². The lowest BCUT2D eigenvalue weighted by atomic mass is 10.3. The number of fused-ring (bicyclic) bond motifs is 1. The van der Waals surface area contributed by atoms with Gasteiger partial charge < -0.3 is 9.30 Å². The minimum absolute atomic E-state index is 0.0704. The first-order valence-corrected chi connectivity index (χ1v) is 7.74. The Hall–Kier alpha value is -0.480. The first-order chi connectivity index (χ1) is 9.43. The Morgan fingerprint density at radius 1 is 1.25 bits per heavy atom. The van der Waals surface area contributed by atoms with Crippen molar-refractivity contribution in [3.8, 4) is 0 Å². The maximum absolute atomic E-state index is 6.23. The van der Waals surface area contributed by atoms with E-state index >= 15 is 0 Å². The summed E-state index contributed by atoms with van der Waals surface area (Å²) >= 11 is 18.4. The molecule has 3 nitrogen and oxygen atoms in total. The molecule has 0 spiro atoms. The molecule has 0 N–H and O–H groups in total. The summed E-state index contributed by atoms with van der Waals surface area (Å²) in [5.41, 5.74) is 1.72. The van der Waals surface area contributed by atoms with Crippen LogP contribution < -0.4 is 0 Å². The predicted molar refractivity (Wildman–Crippen MR) is 85.1 cm³/mol. The summed E-state index contributed by atoms with van der Waals surface area (Å²) < 4.78 is 7.65. The molecule has 0 amide bonds. The Labute approximate surface area is 133 Å². The van der Waals surface area contributed by atoms with E-state index in [0.29, 0.717) is 23.2 Å². The van der Waals surface area contributed by atoms with Crippen molar-refractivity contribution in [2.45, 2.75) is 38.8 Å². The highest BCUT2D eigenvalue weighted by atomic mass is 35.5. The molecular formula is C14H17Cl3N2O. The molecule has 2 atom stereocenters. The highest BCUT2D eigenvalue weighted by Crippen LogP contribution is 2.31. The average molecular weight is 336 g/mol. The molecule has 0 aliphatic carbocycles. The number of rotatable bonds is 5. The van der Waals surface area contributed by atoms with Crippen molar-refractivity contribution in [2.75, 3.05) is 6.61 Å². The lowest BCUT2D eigenvalue weighted by molar-refractivity contribution is 0.0642. The van der Waals surface area contributed by atoms with Crippen molar-refractivity contribution < 1.29 is 4.74 Å². The Balaban J connectivity index is 2.53. The summed E-state index contributed by atoms with van der Waals surface area (Å²) in [4.78, 5) is 4.56. The fraction of sp³-hybridized carbons (Fsp3) is 0.500. The third-order valence-electron chi connectivity index (χ3n) is 3.07. The number of benzene rings is 1. The molecule has 0 aliphatic heterocycles. The summed E-state index contributed by atoms with van der Waals surface area (Å²) in [6.07, 6.45) is 0.0704. The van der Waals surface area contributed by atoms with Crippen LogP contribution in [-0.2, 0) is 11.3 Å². The zero-order valence-electron chi connectivity index (χ0n) is 11.7. The standard InChI is InChI=1S/C14H17Cl3N2O/c1-4-20-8(2)7-19-13-6-11(17)10(16)5-12(13)18-14(19)9(3)15/h5-6,8-9H,4,7H2,1-3H3. The lowest BCUT2D eigenvalue weighted by Crippen LogP contribution is -2.18. The highest BCUT2D eigenvalue weighted by molar-refractivity contribution is 6.42. The molecule has 110 valence electrons. The van der Waals surface area contributed by atoms with Crippen molar-refractivity contribution in [2.24, 2.45) is 0 Å². The molecule has 0 fully saturated rings. The van der Waals surface area contributed by atoms with Crippen LogP contribution in [0.1, 0.15) is 32.0 Å². The van der Waals surface area contributed by atoms with Gasteiger partial charge in [-0.2, -0.15) is 0 Å². The Kier molecular flexibility index (Phi) is 5.19. The van der Waals surface area contributed by atoms with Crippen LogP contribution in [0, 0.1) is 0 Å². The summed E-state index contributed by atoms with van der Waals surface area (Å²) in [5.74, 6) is 0.798. The number of halogens is 3. The van der Waals surface area contributed by atoms with Crippen LogP contribution in [-0.4, -0.2) is 22.3 Å². The largest absolute Gasteiger partial charge is 0.377 e. The molecule has 1 aromatic heterocycles. The van der Waals surface area contributed by atoms with E-state index in [2.05, 4.69) is 9.55 Å². The predicted octanol–water partition coefficient (Wildman–Crippen LogP) is 5.07. The van der Waals surface area contributed by atoms with Gasteiger partial charge in [-0.25, -0.2) is 4.98 Å². The third-order valence-corrected chi connectivity index (χ3v) is 3.98. The van der Waals surface area contributed by atoms with Crippen LogP contribution in [0.15, 0.2) is 12.1 Å². The smallest absolute Gasteiger partial charge is 0.127 e. The van der Waals surface area contributed by atoms with Gasteiger partial charge in [0.2, 0.25) is 0 Å². The summed E-state index contributed by atoms with van der Waals surface area (Å²) in [6.45, 7) is 7.24. The molecule has 2 unspecified atom stereocenters. The van der Waals surface area contributed by atoms with Crippen molar-refractivity contribution in [3.05, 3.63) is 28.0 Å². The molecule has 6 heteroatoms. The topological polar surface area (TPSA) is 27.1 Å². The van der Waals surface area contributed by atoms with Gasteiger partial charge in [0.05, 0.1) is 39.1 Å². The summed E-state index contributed by atoms with van der Waals surface area (Å²) in [7, 11) is 0. The molecule has 2 aromatic rings. The average Bonchev–Trinajstić information content (AvgIpc) is 2.69. The van der Waals surface area contributed by atoms with Crippen LogP contribution in [0.5, 0.6) is 0 Å². The van der Waals surface area contributed by atoms with Crippen LogP contribution >= 0.6 is 34.8 Å². The van der Waals surface area contributed by atoms with Gasteiger partial charge in [-0.3, -0.25) is 0 Å². The van der Waals surface area contributed by atoms with E-state index in [-0.39, 0.29) is 11.5 Å². The van der Waals surface area contributed by atoms with Gasteiger partial charge in [0.25, 0.3) is 0 Å². The quantitative estimate of drug-likeness (QED) is 0.713. The molecule has 0 saturated heterocycles. The van der Waals surface area contributed by atoms with Gasteiger partial charge in [-0.05, 0) is 32.9 Å². The fourth-order valence-electron chi connectivity index (χ4n) is 2.23. The highest BCUT2D eigenvalue weighted by Gasteiger charge is 2.18. The Morgan fingerprint density at radius 3 is 2.50 bits per heavy atom. The first-order valence-electron chi connectivity index (χ1n) is 6.54. The lowest BCUT2D eigenvalue weighted by Gasteiger charge is -2.16. The van der Waals surface area contributed by atoms with Crippen molar-refractivity contribution in [3.63, 3.8) is 0 Å². The van der Waals surface area contributed by atoms with E-state index in [0.717, 1.165) is 16.9 Å². The number of imidazole rings is 1. The van der Waals surface area contributed by atoms with Crippen LogP contribution in [0.2, 0.25) is 10.0 Å². The third kappa shape index (κ3) is 3.22. The summed E-state index contributed by atoms with van der Waals surface area (Å²) in [6, 6.07) is 3.59. The maximum Gasteiger partial charge on any atom is 0.127 e. The SMILES string of the molecule is CCOC(C)Cn1c(C(C)Cl)nc2cc(Cl)c(Cl)cc21. The van der Waals surface area contributed by atoms with Crippen LogP contribution in [0.4, 0.5) is 0 Å². The minimum atomic E-state index is -0.200. The molecule has 0 saturated carbocycles. The van der Waals surface area contributed by atoms with Crippen LogP contribution in [0.25, 0.3) is 11.0 Å². The van der Waals surface area contributed by atoms with Gasteiger partial charge in [0, 0.05) is 6.61 Å². The second-order valence-electron chi connectivity index (χ2n) is 4.72. The number of aromatic nitrogens is 2. The van der Waals surface area contributed by atoms with E-state index in [1.165, 1.54) is 0 Å². The van der Waals surface area contributed by atoms with E-state index in [1.54, 1.807) is 6.07 Å². The maximum atomic E-state index is 6.23. The number of hydrogen-bond donors (Lipinski definition) is 0. The van der Waals surface area contributed by atoms with Crippen molar-refractivity contribution in [1.82, 2.24) is 9.55 Å². The molecular weight excluding hydrogens is 319 g/mol. The van der Waals surface area contributed by atoms with Crippen molar-refractivity contribution in [1.29, 1.82) is 0 Å². The molecule has 1 heterocycles. The molecule has 2 rings (SSSR count). The van der Waals surface area contributed by atoms with E-state index in [4.69, 9.17) is 39.5 Å². The van der Waals surface area contributed by atoms with Gasteiger partial charge in [0.15, 0.2) is 0 Å². The van der Waals surface area contributed by atoms with Gasteiger partial charge in [0.1, 0.15) is 5.82 Å². The molecule has 1 aromatic carbocycles. The first kappa shape index (κ1) is 15.9. The number of alkyl halides is 1. The number of nitrogens with zero attached hydrogens (tertiary/aromatic N) is 2. The van der Waals surface area contributed by atoms with Gasteiger partial charge in [-0.15, -0.1) is 11.6 Å². The minimum Gasteiger partial charge on any atom is -0.377 e.